The van der Waals surface area contributed by atoms with Gasteiger partial charge in [0.25, 0.3) is 0 Å². The molecule has 0 unspecified atom stereocenters. The van der Waals surface area contributed by atoms with Crippen LogP contribution in [0.4, 0.5) is 33.5 Å². The van der Waals surface area contributed by atoms with Gasteiger partial charge < -0.3 is 5.32 Å². The van der Waals surface area contributed by atoms with E-state index in [-0.39, 0.29) is 4.47 Å². The molecule has 0 aliphatic carbocycles. The second-order valence-electron chi connectivity index (χ2n) is 3.77. The maximum Gasteiger partial charge on any atom is 0.451 e. The van der Waals surface area contributed by atoms with Crippen LogP contribution in [0, 0.1) is 11.6 Å². The van der Waals surface area contributed by atoms with Gasteiger partial charge in [-0.25, -0.2) is 18.7 Å². The molecule has 0 fully saturated rings. The fourth-order valence-electron chi connectivity index (χ4n) is 1.36. The topological polar surface area (TPSA) is 37.8 Å². The van der Waals surface area contributed by atoms with Crippen LogP contribution in [0.15, 0.2) is 22.7 Å². The molecule has 0 bridgehead atoms. The lowest BCUT2D eigenvalue weighted by Crippen LogP contribution is -2.12. The quantitative estimate of drug-likeness (QED) is 0.450. The number of anilines is 2. The van der Waals surface area contributed by atoms with Gasteiger partial charge in [0, 0.05) is 12.1 Å². The molecule has 0 radical (unpaired) electrons. The van der Waals surface area contributed by atoms with Crippen molar-refractivity contribution < 1.29 is 22.0 Å². The van der Waals surface area contributed by atoms with Crippen LogP contribution in [-0.2, 0) is 6.18 Å². The molecular weight excluding hydrogens is 384 g/mol. The van der Waals surface area contributed by atoms with Crippen molar-refractivity contribution in [3.05, 3.63) is 45.3 Å². The lowest BCUT2D eigenvalue weighted by molar-refractivity contribution is -0.144. The third-order valence-electron chi connectivity index (χ3n) is 2.22. The Hall–Kier alpha value is -1.48. The van der Waals surface area contributed by atoms with Crippen molar-refractivity contribution in [2.24, 2.45) is 0 Å². The average Bonchev–Trinajstić information content (AvgIpc) is 2.34. The number of halogens is 7. The van der Waals surface area contributed by atoms with Crippen molar-refractivity contribution in [2.75, 3.05) is 5.32 Å². The van der Waals surface area contributed by atoms with Crippen molar-refractivity contribution >= 4 is 39.0 Å². The lowest BCUT2D eigenvalue weighted by atomic mass is 10.3. The summed E-state index contributed by atoms with van der Waals surface area (Å²) in [5, 5.41) is 1.73. The van der Waals surface area contributed by atoms with Crippen LogP contribution in [0.1, 0.15) is 5.82 Å². The van der Waals surface area contributed by atoms with E-state index in [4.69, 9.17) is 11.6 Å². The molecule has 112 valence electrons. The molecule has 0 saturated heterocycles. The van der Waals surface area contributed by atoms with E-state index >= 15 is 0 Å². The predicted molar refractivity (Wildman–Crippen MR) is 69.4 cm³/mol. The van der Waals surface area contributed by atoms with Crippen molar-refractivity contribution in [3.63, 3.8) is 0 Å². The van der Waals surface area contributed by atoms with E-state index in [2.05, 4.69) is 31.2 Å². The molecule has 0 aliphatic rings. The van der Waals surface area contributed by atoms with Gasteiger partial charge in [-0.1, -0.05) is 11.6 Å². The number of nitrogens with zero attached hydrogens (tertiary/aromatic N) is 2. The van der Waals surface area contributed by atoms with Crippen LogP contribution >= 0.6 is 27.5 Å². The molecule has 0 amide bonds. The highest BCUT2D eigenvalue weighted by Gasteiger charge is 2.35. The summed E-state index contributed by atoms with van der Waals surface area (Å²) in [6.07, 6.45) is -4.81. The van der Waals surface area contributed by atoms with Gasteiger partial charge in [0.2, 0.25) is 5.82 Å². The zero-order chi connectivity index (χ0) is 15.8. The third-order valence-corrected chi connectivity index (χ3v) is 3.02. The first-order valence-corrected chi connectivity index (χ1v) is 6.37. The Morgan fingerprint density at radius 1 is 1.05 bits per heavy atom. The van der Waals surface area contributed by atoms with Gasteiger partial charge in [-0.2, -0.15) is 13.2 Å². The molecule has 10 heteroatoms. The highest BCUT2D eigenvalue weighted by Crippen LogP contribution is 2.30. The summed E-state index contributed by atoms with van der Waals surface area (Å²) >= 11 is 8.23. The number of hydrogen-bond acceptors (Lipinski definition) is 3. The smallest absolute Gasteiger partial charge is 0.338 e. The Kier molecular flexibility index (Phi) is 4.33. The zero-order valence-corrected chi connectivity index (χ0v) is 12.1. The number of benzene rings is 1. The van der Waals surface area contributed by atoms with Crippen molar-refractivity contribution in [3.8, 4) is 0 Å². The SMILES string of the molecule is Fc1cc(Nc2cc(Cl)nc(C(F)(F)F)n2)c(F)cc1Br. The normalized spacial score (nSPS) is 11.6. The van der Waals surface area contributed by atoms with Crippen LogP contribution < -0.4 is 5.32 Å². The Morgan fingerprint density at radius 3 is 2.33 bits per heavy atom. The molecule has 21 heavy (non-hydrogen) atoms. The van der Waals surface area contributed by atoms with Crippen molar-refractivity contribution in [2.45, 2.75) is 6.18 Å². The average molecular weight is 389 g/mol. The molecule has 0 aliphatic heterocycles. The van der Waals surface area contributed by atoms with Gasteiger partial charge in [-0.15, -0.1) is 0 Å². The summed E-state index contributed by atoms with van der Waals surface area (Å²) in [5.41, 5.74) is -0.390. The van der Waals surface area contributed by atoms with Gasteiger partial charge in [0.1, 0.15) is 22.6 Å². The zero-order valence-electron chi connectivity index (χ0n) is 9.77. The van der Waals surface area contributed by atoms with Gasteiger partial charge in [0.05, 0.1) is 10.2 Å². The lowest BCUT2D eigenvalue weighted by Gasteiger charge is -2.10. The minimum Gasteiger partial charge on any atom is -0.338 e. The summed E-state index contributed by atoms with van der Waals surface area (Å²) < 4.78 is 64.4. The fraction of sp³-hybridized carbons (Fsp3) is 0.0909. The predicted octanol–water partition coefficient (Wildman–Crippen LogP) is 4.93. The largest absolute Gasteiger partial charge is 0.451 e. The maximum atomic E-state index is 13.6. The maximum absolute atomic E-state index is 13.6. The van der Waals surface area contributed by atoms with Gasteiger partial charge in [-0.05, 0) is 22.0 Å². The standard InChI is InChI=1S/C11H4BrClF5N3/c12-4-1-6(15)7(2-5(4)14)19-9-3-8(13)20-10(21-9)11(16,17)18/h1-3H,(H,19,20,21). The summed E-state index contributed by atoms with van der Waals surface area (Å²) in [6.45, 7) is 0. The first-order chi connectivity index (χ1) is 9.66. The number of rotatable bonds is 2. The number of hydrogen-bond donors (Lipinski definition) is 1. The monoisotopic (exact) mass is 387 g/mol. The summed E-state index contributed by atoms with van der Waals surface area (Å²) in [5.74, 6) is -3.58. The molecule has 0 atom stereocenters. The van der Waals surface area contributed by atoms with Crippen molar-refractivity contribution in [1.82, 2.24) is 9.97 Å². The Bertz CT molecular complexity index is 692. The minimum absolute atomic E-state index is 0.123. The Labute approximate surface area is 128 Å². The van der Waals surface area contributed by atoms with Crippen LogP contribution in [0.2, 0.25) is 5.15 Å². The number of nitrogens with one attached hydrogen (secondary N) is 1. The summed E-state index contributed by atoms with van der Waals surface area (Å²) in [7, 11) is 0. The molecule has 0 saturated carbocycles. The molecular formula is C11H4BrClF5N3. The van der Waals surface area contributed by atoms with E-state index in [0.717, 1.165) is 18.2 Å². The van der Waals surface area contributed by atoms with Crippen LogP contribution in [0.25, 0.3) is 0 Å². The third kappa shape index (κ3) is 3.79. The molecule has 1 aromatic heterocycles. The molecule has 3 nitrogen and oxygen atoms in total. The molecule has 0 spiro atoms. The minimum atomic E-state index is -4.81. The van der Waals surface area contributed by atoms with Crippen molar-refractivity contribution in [1.29, 1.82) is 0 Å². The first-order valence-electron chi connectivity index (χ1n) is 5.20. The number of alkyl halides is 3. The van der Waals surface area contributed by atoms with Gasteiger partial charge in [-0.3, -0.25) is 0 Å². The van der Waals surface area contributed by atoms with Gasteiger partial charge >= 0.3 is 6.18 Å². The second kappa shape index (κ2) is 5.72. The first kappa shape index (κ1) is 15.9. The van der Waals surface area contributed by atoms with E-state index in [1.165, 1.54) is 0 Å². The van der Waals surface area contributed by atoms with E-state index in [9.17, 15) is 22.0 Å². The van der Waals surface area contributed by atoms with Crippen LogP contribution in [0.3, 0.4) is 0 Å². The highest BCUT2D eigenvalue weighted by molar-refractivity contribution is 9.10. The molecule has 1 heterocycles. The molecule has 2 rings (SSSR count). The Balaban J connectivity index is 2.40. The van der Waals surface area contributed by atoms with E-state index in [0.29, 0.717) is 0 Å². The Morgan fingerprint density at radius 2 is 1.71 bits per heavy atom. The molecule has 1 aromatic carbocycles. The number of aromatic nitrogens is 2. The highest BCUT2D eigenvalue weighted by atomic mass is 79.9. The van der Waals surface area contributed by atoms with E-state index in [1.807, 2.05) is 0 Å². The fourth-order valence-corrected chi connectivity index (χ4v) is 1.86. The van der Waals surface area contributed by atoms with E-state index < -0.39 is 40.3 Å². The van der Waals surface area contributed by atoms with Crippen LogP contribution in [0.5, 0.6) is 0 Å². The summed E-state index contributed by atoms with van der Waals surface area (Å²) in [4.78, 5) is 6.18. The van der Waals surface area contributed by atoms with Crippen LogP contribution in [-0.4, -0.2) is 9.97 Å². The van der Waals surface area contributed by atoms with E-state index in [1.54, 1.807) is 0 Å². The second-order valence-corrected chi connectivity index (χ2v) is 5.01. The molecule has 2 aromatic rings. The molecule has 1 N–H and O–H groups in total. The van der Waals surface area contributed by atoms with Gasteiger partial charge in [0.15, 0.2) is 0 Å². The summed E-state index contributed by atoms with van der Waals surface area (Å²) in [6, 6.07) is 2.55.